The minimum atomic E-state index is -1.84. The second-order valence-electron chi connectivity index (χ2n) is 4.32. The van der Waals surface area contributed by atoms with Crippen LogP contribution in [-0.2, 0) is 0 Å². The molecule has 0 aliphatic heterocycles. The van der Waals surface area contributed by atoms with Gasteiger partial charge in [-0.25, -0.2) is 0 Å². The number of hydrogen-bond donors (Lipinski definition) is 0. The van der Waals surface area contributed by atoms with Gasteiger partial charge in [-0.1, -0.05) is 23.9 Å². The van der Waals surface area contributed by atoms with Crippen LogP contribution in [0.3, 0.4) is 0 Å². The van der Waals surface area contributed by atoms with E-state index < -0.39 is 8.32 Å². The monoisotopic (exact) mass is 248 g/mol. The summed E-state index contributed by atoms with van der Waals surface area (Å²) < 4.78 is 11.3. The van der Waals surface area contributed by atoms with Crippen LogP contribution in [0.1, 0.15) is 12.5 Å². The van der Waals surface area contributed by atoms with Crippen molar-refractivity contribution in [2.45, 2.75) is 20.0 Å². The number of hydrogen-bond acceptors (Lipinski definition) is 2. The smallest absolute Gasteiger partial charge is 0.269 e. The molecular formula is C14H20O2Si. The molecule has 1 aromatic rings. The average Bonchev–Trinajstić information content (AvgIpc) is 2.31. The predicted octanol–water partition coefficient (Wildman–Crippen LogP) is 4.04. The van der Waals surface area contributed by atoms with Crippen LogP contribution >= 0.6 is 0 Å². The van der Waals surface area contributed by atoms with Gasteiger partial charge >= 0.3 is 0 Å². The first kappa shape index (κ1) is 13.6. The highest BCUT2D eigenvalue weighted by molar-refractivity contribution is 6.76. The molecule has 0 spiro atoms. The topological polar surface area (TPSA) is 18.5 Å². The summed E-state index contributed by atoms with van der Waals surface area (Å²) in [5, 5.41) is 0. The summed E-state index contributed by atoms with van der Waals surface area (Å²) in [7, 11) is -0.179. The molecular weight excluding hydrogens is 228 g/mol. The van der Waals surface area contributed by atoms with Crippen molar-refractivity contribution in [2.75, 3.05) is 7.11 Å². The van der Waals surface area contributed by atoms with Gasteiger partial charge in [-0.15, -0.1) is 6.58 Å². The number of ether oxygens (including phenoxy) is 1. The van der Waals surface area contributed by atoms with Crippen LogP contribution in [0, 0.1) is 0 Å². The summed E-state index contributed by atoms with van der Waals surface area (Å²) in [6, 6.07) is 5.95. The van der Waals surface area contributed by atoms with E-state index in [1.165, 1.54) is 0 Å². The molecule has 17 heavy (non-hydrogen) atoms. The third kappa shape index (κ3) is 3.78. The minimum Gasteiger partial charge on any atom is -0.538 e. The van der Waals surface area contributed by atoms with Crippen molar-refractivity contribution in [3.05, 3.63) is 42.1 Å². The highest BCUT2D eigenvalue weighted by atomic mass is 28.4. The Bertz CT molecular complexity index is 422. The Kier molecular flexibility index (Phi) is 4.58. The second kappa shape index (κ2) is 5.73. The second-order valence-corrected chi connectivity index (χ2v) is 8.14. The molecule has 0 fully saturated rings. The quantitative estimate of drug-likeness (QED) is 0.732. The van der Waals surface area contributed by atoms with Crippen molar-refractivity contribution in [2.24, 2.45) is 0 Å². The van der Waals surface area contributed by atoms with E-state index in [-0.39, 0.29) is 0 Å². The maximum atomic E-state index is 5.98. The van der Waals surface area contributed by atoms with Gasteiger partial charge in [-0.3, -0.25) is 0 Å². The largest absolute Gasteiger partial charge is 0.538 e. The van der Waals surface area contributed by atoms with Gasteiger partial charge in [0.15, 0.2) is 5.75 Å². The molecule has 0 bridgehead atoms. The van der Waals surface area contributed by atoms with Gasteiger partial charge in [0.25, 0.3) is 8.32 Å². The molecule has 0 unspecified atom stereocenters. The van der Waals surface area contributed by atoms with Crippen LogP contribution in [0.25, 0.3) is 6.08 Å². The molecule has 1 aromatic carbocycles. The van der Waals surface area contributed by atoms with Gasteiger partial charge in [-0.2, -0.15) is 0 Å². The molecule has 2 nitrogen and oxygen atoms in total. The third-order valence-electron chi connectivity index (χ3n) is 2.41. The van der Waals surface area contributed by atoms with E-state index in [9.17, 15) is 0 Å². The lowest BCUT2D eigenvalue weighted by Gasteiger charge is -2.21. The minimum absolute atomic E-state index is 0.767. The maximum absolute atomic E-state index is 5.98. The zero-order valence-electron chi connectivity index (χ0n) is 11.0. The molecule has 0 aliphatic rings. The zero-order valence-corrected chi connectivity index (χ0v) is 12.0. The van der Waals surface area contributed by atoms with Crippen LogP contribution < -0.4 is 9.16 Å². The van der Waals surface area contributed by atoms with Crippen LogP contribution in [0.5, 0.6) is 11.5 Å². The van der Waals surface area contributed by atoms with Crippen LogP contribution in [0.15, 0.2) is 36.6 Å². The molecule has 1 rings (SSSR count). The first-order chi connectivity index (χ1) is 8.02. The SMILES string of the molecule is C=C[Si](C)(C)Oc1ccc(C=CC)cc1OC. The van der Waals surface area contributed by atoms with Gasteiger partial charge < -0.3 is 9.16 Å². The number of benzene rings is 1. The molecule has 0 aromatic heterocycles. The van der Waals surface area contributed by atoms with Crippen molar-refractivity contribution in [1.29, 1.82) is 0 Å². The Morgan fingerprint density at radius 1 is 1.24 bits per heavy atom. The molecule has 92 valence electrons. The summed E-state index contributed by atoms with van der Waals surface area (Å²) in [5.41, 5.74) is 3.02. The summed E-state index contributed by atoms with van der Waals surface area (Å²) in [4.78, 5) is 0. The Balaban J connectivity index is 3.04. The molecule has 0 heterocycles. The zero-order chi connectivity index (χ0) is 12.9. The van der Waals surface area contributed by atoms with Crippen molar-refractivity contribution in [1.82, 2.24) is 0 Å². The van der Waals surface area contributed by atoms with E-state index in [1.807, 2.05) is 43.0 Å². The van der Waals surface area contributed by atoms with E-state index in [1.54, 1.807) is 7.11 Å². The van der Waals surface area contributed by atoms with E-state index >= 15 is 0 Å². The van der Waals surface area contributed by atoms with Crippen molar-refractivity contribution >= 4 is 14.4 Å². The molecule has 0 atom stereocenters. The molecule has 3 heteroatoms. The Morgan fingerprint density at radius 2 is 1.94 bits per heavy atom. The molecule has 0 radical (unpaired) electrons. The fraction of sp³-hybridized carbons (Fsp3) is 0.286. The van der Waals surface area contributed by atoms with E-state index in [0.29, 0.717) is 0 Å². The summed E-state index contributed by atoms with van der Waals surface area (Å²) >= 11 is 0. The van der Waals surface area contributed by atoms with E-state index in [4.69, 9.17) is 9.16 Å². The van der Waals surface area contributed by atoms with Crippen molar-refractivity contribution in [3.8, 4) is 11.5 Å². The highest BCUT2D eigenvalue weighted by Crippen LogP contribution is 2.30. The van der Waals surface area contributed by atoms with Crippen molar-refractivity contribution < 1.29 is 9.16 Å². The average molecular weight is 248 g/mol. The van der Waals surface area contributed by atoms with Gasteiger partial charge in [-0.05, 0) is 37.7 Å². The van der Waals surface area contributed by atoms with Crippen LogP contribution in [0.4, 0.5) is 0 Å². The predicted molar refractivity (Wildman–Crippen MR) is 76.0 cm³/mol. The van der Waals surface area contributed by atoms with E-state index in [0.717, 1.165) is 17.1 Å². The molecule has 0 N–H and O–H groups in total. The fourth-order valence-corrected chi connectivity index (χ4v) is 2.21. The lowest BCUT2D eigenvalue weighted by atomic mass is 10.2. The van der Waals surface area contributed by atoms with Gasteiger partial charge in [0, 0.05) is 0 Å². The maximum Gasteiger partial charge on any atom is 0.269 e. The highest BCUT2D eigenvalue weighted by Gasteiger charge is 2.21. The van der Waals surface area contributed by atoms with Crippen LogP contribution in [-0.4, -0.2) is 15.4 Å². The Labute approximate surface area is 105 Å². The first-order valence-corrected chi connectivity index (χ1v) is 8.64. The van der Waals surface area contributed by atoms with Crippen LogP contribution in [0.2, 0.25) is 13.1 Å². The van der Waals surface area contributed by atoms with Gasteiger partial charge in [0.2, 0.25) is 0 Å². The normalized spacial score (nSPS) is 11.5. The Hall–Kier alpha value is -1.48. The lowest BCUT2D eigenvalue weighted by molar-refractivity contribution is 0.392. The number of methoxy groups -OCH3 is 1. The third-order valence-corrected chi connectivity index (χ3v) is 4.14. The molecule has 0 saturated carbocycles. The Morgan fingerprint density at radius 3 is 2.47 bits per heavy atom. The molecule has 0 aliphatic carbocycles. The summed E-state index contributed by atoms with van der Waals surface area (Å²) in [6.07, 6.45) is 4.03. The number of rotatable bonds is 5. The summed E-state index contributed by atoms with van der Waals surface area (Å²) in [5.74, 6) is 1.56. The lowest BCUT2D eigenvalue weighted by Crippen LogP contribution is -2.31. The van der Waals surface area contributed by atoms with E-state index in [2.05, 4.69) is 19.7 Å². The standard InChI is InChI=1S/C14H20O2Si/c1-6-8-12-9-10-13(14(11-12)15-3)16-17(4,5)7-2/h6-11H,2H2,1,3-5H3. The fourth-order valence-electron chi connectivity index (χ4n) is 1.39. The van der Waals surface area contributed by atoms with Crippen molar-refractivity contribution in [3.63, 3.8) is 0 Å². The van der Waals surface area contributed by atoms with Gasteiger partial charge in [0.05, 0.1) is 7.11 Å². The molecule has 0 saturated heterocycles. The summed E-state index contributed by atoms with van der Waals surface area (Å²) in [6.45, 7) is 10.00. The van der Waals surface area contributed by atoms with Gasteiger partial charge in [0.1, 0.15) is 5.75 Å². The molecule has 0 amide bonds. The first-order valence-electron chi connectivity index (χ1n) is 5.65. The number of allylic oxidation sites excluding steroid dienone is 1.